The lowest BCUT2D eigenvalue weighted by atomic mass is 9.89. The number of thiazole rings is 1. The Bertz CT molecular complexity index is 744. The largest absolute Gasteiger partial charge is 0.340 e. The number of nitrogens with zero attached hydrogens (tertiary/aromatic N) is 3. The van der Waals surface area contributed by atoms with Crippen molar-refractivity contribution in [1.82, 2.24) is 20.4 Å². The van der Waals surface area contributed by atoms with Crippen LogP contribution in [0.15, 0.2) is 9.90 Å². The summed E-state index contributed by atoms with van der Waals surface area (Å²) >= 11 is 1.48. The predicted molar refractivity (Wildman–Crippen MR) is 94.7 cm³/mol. The number of hydrogen-bond acceptors (Lipinski definition) is 6. The molecule has 25 heavy (non-hydrogen) atoms. The summed E-state index contributed by atoms with van der Waals surface area (Å²) in [6, 6.07) is -0.249. The van der Waals surface area contributed by atoms with E-state index in [-0.39, 0.29) is 6.03 Å². The molecule has 0 aromatic carbocycles. The lowest BCUT2D eigenvalue weighted by Gasteiger charge is -2.30. The smallest absolute Gasteiger partial charge is 0.321 e. The molecule has 0 bridgehead atoms. The van der Waals surface area contributed by atoms with Crippen molar-refractivity contribution in [2.45, 2.75) is 69.7 Å². The molecule has 134 valence electrons. The van der Waals surface area contributed by atoms with Gasteiger partial charge in [-0.2, -0.15) is 4.98 Å². The summed E-state index contributed by atoms with van der Waals surface area (Å²) < 4.78 is 5.18. The molecular weight excluding hydrogens is 338 g/mol. The average Bonchev–Trinajstić information content (AvgIpc) is 3.26. The number of rotatable bonds is 4. The minimum Gasteiger partial charge on any atom is -0.340 e. The molecule has 0 unspecified atom stereocenters. The van der Waals surface area contributed by atoms with E-state index in [0.29, 0.717) is 22.8 Å². The first-order valence-electron chi connectivity index (χ1n) is 9.00. The number of urea groups is 1. The van der Waals surface area contributed by atoms with Gasteiger partial charge in [-0.05, 0) is 25.7 Å². The molecule has 0 radical (unpaired) electrons. The lowest BCUT2D eigenvalue weighted by Crippen LogP contribution is -2.48. The number of amides is 2. The van der Waals surface area contributed by atoms with Gasteiger partial charge in [-0.15, -0.1) is 11.3 Å². The SMILES string of the molecule is Cc1nc(C2(NC(=O)Nc3nc(C4CC4)cs3)CCCCCC2)no1. The van der Waals surface area contributed by atoms with E-state index in [9.17, 15) is 4.79 Å². The van der Waals surface area contributed by atoms with E-state index in [2.05, 4.69) is 25.8 Å². The number of anilines is 1. The van der Waals surface area contributed by atoms with Crippen LogP contribution >= 0.6 is 11.3 Å². The summed E-state index contributed by atoms with van der Waals surface area (Å²) in [4.78, 5) is 21.6. The zero-order valence-corrected chi connectivity index (χ0v) is 15.2. The summed E-state index contributed by atoms with van der Waals surface area (Å²) in [6.07, 6.45) is 8.46. The second kappa shape index (κ2) is 6.74. The highest BCUT2D eigenvalue weighted by molar-refractivity contribution is 7.13. The van der Waals surface area contributed by atoms with Crippen molar-refractivity contribution in [2.24, 2.45) is 0 Å². The van der Waals surface area contributed by atoms with E-state index >= 15 is 0 Å². The second-order valence-electron chi connectivity index (χ2n) is 7.06. The van der Waals surface area contributed by atoms with Crippen LogP contribution in [0.1, 0.15) is 74.7 Å². The summed E-state index contributed by atoms with van der Waals surface area (Å²) in [5.41, 5.74) is 0.535. The number of carbonyl (C=O) groups excluding carboxylic acids is 1. The van der Waals surface area contributed by atoms with Crippen LogP contribution in [0.3, 0.4) is 0 Å². The van der Waals surface area contributed by atoms with Gasteiger partial charge in [0.25, 0.3) is 0 Å². The van der Waals surface area contributed by atoms with Gasteiger partial charge >= 0.3 is 6.03 Å². The quantitative estimate of drug-likeness (QED) is 0.800. The molecule has 0 aliphatic heterocycles. The zero-order chi connectivity index (χ0) is 17.3. The molecule has 2 aliphatic rings. The molecule has 8 heteroatoms. The molecule has 2 heterocycles. The first-order chi connectivity index (χ1) is 12.1. The molecular formula is C17H23N5O2S. The minimum absolute atomic E-state index is 0.249. The van der Waals surface area contributed by atoms with Crippen LogP contribution in [-0.4, -0.2) is 21.2 Å². The third kappa shape index (κ3) is 3.68. The Hall–Kier alpha value is -1.96. The third-order valence-corrected chi connectivity index (χ3v) is 5.78. The normalized spacial score (nSPS) is 20.0. The van der Waals surface area contributed by atoms with Gasteiger partial charge in [-0.3, -0.25) is 5.32 Å². The van der Waals surface area contributed by atoms with Gasteiger partial charge < -0.3 is 9.84 Å². The maximum absolute atomic E-state index is 12.6. The average molecular weight is 361 g/mol. The Morgan fingerprint density at radius 2 is 2.00 bits per heavy atom. The van der Waals surface area contributed by atoms with Crippen molar-refractivity contribution in [2.75, 3.05) is 5.32 Å². The molecule has 2 aromatic heterocycles. The predicted octanol–water partition coefficient (Wildman–Crippen LogP) is 4.08. The maximum Gasteiger partial charge on any atom is 0.321 e. The van der Waals surface area contributed by atoms with E-state index in [1.807, 2.05) is 5.38 Å². The number of carbonyl (C=O) groups is 1. The fourth-order valence-corrected chi connectivity index (χ4v) is 4.27. The van der Waals surface area contributed by atoms with Gasteiger partial charge in [0.15, 0.2) is 11.0 Å². The summed E-state index contributed by atoms with van der Waals surface area (Å²) in [5.74, 6) is 1.69. The fraction of sp³-hybridized carbons (Fsp3) is 0.647. The third-order valence-electron chi connectivity index (χ3n) is 5.00. The summed E-state index contributed by atoms with van der Waals surface area (Å²) in [6.45, 7) is 1.77. The van der Waals surface area contributed by atoms with Gasteiger partial charge in [0.1, 0.15) is 5.54 Å². The monoisotopic (exact) mass is 361 g/mol. The number of nitrogens with one attached hydrogen (secondary N) is 2. The Balaban J connectivity index is 1.49. The standard InChI is InChI=1S/C17H23N5O2S/c1-11-18-14(22-24-11)17(8-4-2-3-5-9-17)21-15(23)20-16-19-13(10-25-16)12-6-7-12/h10,12H,2-9H2,1H3,(H2,19,20,21,23). The molecule has 4 rings (SSSR count). The van der Waals surface area contributed by atoms with Crippen LogP contribution in [0.4, 0.5) is 9.93 Å². The van der Waals surface area contributed by atoms with Gasteiger partial charge in [-0.1, -0.05) is 30.8 Å². The molecule has 0 spiro atoms. The van der Waals surface area contributed by atoms with Crippen LogP contribution in [0, 0.1) is 6.92 Å². The first-order valence-corrected chi connectivity index (χ1v) is 9.88. The molecule has 2 saturated carbocycles. The van der Waals surface area contributed by atoms with E-state index in [1.54, 1.807) is 6.92 Å². The summed E-state index contributed by atoms with van der Waals surface area (Å²) in [7, 11) is 0. The van der Waals surface area contributed by atoms with Crippen LogP contribution in [-0.2, 0) is 5.54 Å². The van der Waals surface area contributed by atoms with E-state index in [0.717, 1.165) is 31.4 Å². The topological polar surface area (TPSA) is 92.9 Å². The number of aryl methyl sites for hydroxylation is 1. The fourth-order valence-electron chi connectivity index (χ4n) is 3.49. The van der Waals surface area contributed by atoms with Gasteiger partial charge in [0.2, 0.25) is 5.89 Å². The Kier molecular flexibility index (Phi) is 4.45. The maximum atomic E-state index is 12.6. The van der Waals surface area contributed by atoms with Crippen molar-refractivity contribution in [3.05, 3.63) is 22.8 Å². The van der Waals surface area contributed by atoms with Crippen molar-refractivity contribution in [3.8, 4) is 0 Å². The molecule has 2 N–H and O–H groups in total. The van der Waals surface area contributed by atoms with Crippen molar-refractivity contribution >= 4 is 22.5 Å². The van der Waals surface area contributed by atoms with E-state index in [4.69, 9.17) is 4.52 Å². The van der Waals surface area contributed by atoms with Crippen molar-refractivity contribution in [3.63, 3.8) is 0 Å². The van der Waals surface area contributed by atoms with Gasteiger partial charge in [-0.25, -0.2) is 9.78 Å². The minimum atomic E-state index is -0.561. The molecule has 2 amide bonds. The number of hydrogen-bond donors (Lipinski definition) is 2. The van der Waals surface area contributed by atoms with Crippen LogP contribution in [0.25, 0.3) is 0 Å². The molecule has 0 atom stereocenters. The van der Waals surface area contributed by atoms with Crippen molar-refractivity contribution in [1.29, 1.82) is 0 Å². The van der Waals surface area contributed by atoms with Crippen LogP contribution in [0.2, 0.25) is 0 Å². The highest BCUT2D eigenvalue weighted by Crippen LogP contribution is 2.41. The molecule has 2 aromatic rings. The zero-order valence-electron chi connectivity index (χ0n) is 14.4. The molecule has 2 aliphatic carbocycles. The Morgan fingerprint density at radius 1 is 1.24 bits per heavy atom. The molecule has 2 fully saturated rings. The highest BCUT2D eigenvalue weighted by atomic mass is 32.1. The Morgan fingerprint density at radius 3 is 2.64 bits per heavy atom. The second-order valence-corrected chi connectivity index (χ2v) is 7.92. The van der Waals surface area contributed by atoms with E-state index in [1.165, 1.54) is 37.0 Å². The molecule has 7 nitrogen and oxygen atoms in total. The molecule has 0 saturated heterocycles. The Labute approximate surface area is 150 Å². The number of aromatic nitrogens is 3. The van der Waals surface area contributed by atoms with Crippen LogP contribution < -0.4 is 10.6 Å². The van der Waals surface area contributed by atoms with Crippen molar-refractivity contribution < 1.29 is 9.32 Å². The van der Waals surface area contributed by atoms with E-state index < -0.39 is 5.54 Å². The summed E-state index contributed by atoms with van der Waals surface area (Å²) in [5, 5.41) is 12.8. The highest BCUT2D eigenvalue weighted by Gasteiger charge is 2.39. The van der Waals surface area contributed by atoms with Crippen LogP contribution in [0.5, 0.6) is 0 Å². The van der Waals surface area contributed by atoms with Gasteiger partial charge in [0.05, 0.1) is 5.69 Å². The van der Waals surface area contributed by atoms with Gasteiger partial charge in [0, 0.05) is 18.2 Å². The first kappa shape index (κ1) is 16.5. The lowest BCUT2D eigenvalue weighted by molar-refractivity contribution is 0.222.